The summed E-state index contributed by atoms with van der Waals surface area (Å²) in [6.45, 7) is 3.74. The van der Waals surface area contributed by atoms with E-state index in [1.54, 1.807) is 6.07 Å². The highest BCUT2D eigenvalue weighted by Gasteiger charge is 2.19. The Hall–Kier alpha value is -2.92. The standard InChI is InChI=1S/C23H22ClN3O2/c1-15-20(12-18-11-19(24)8-9-21(18)26-15)23(29)25-13-16-4-6-17(7-5-16)14-27-10-2-3-22(27)28/h4-9,11-12H,2-3,10,13-14H2,1H3,(H,25,29). The summed E-state index contributed by atoms with van der Waals surface area (Å²) in [7, 11) is 0. The summed E-state index contributed by atoms with van der Waals surface area (Å²) in [4.78, 5) is 30.8. The fourth-order valence-electron chi connectivity index (χ4n) is 3.61. The molecule has 4 rings (SSSR count). The van der Waals surface area contributed by atoms with Crippen molar-refractivity contribution in [2.24, 2.45) is 0 Å². The van der Waals surface area contributed by atoms with Gasteiger partial charge in [-0.15, -0.1) is 0 Å². The van der Waals surface area contributed by atoms with Gasteiger partial charge in [0.2, 0.25) is 5.91 Å². The summed E-state index contributed by atoms with van der Waals surface area (Å²) in [5, 5.41) is 4.42. The van der Waals surface area contributed by atoms with Crippen LogP contribution in [-0.4, -0.2) is 28.2 Å². The number of carbonyl (C=O) groups excluding carboxylic acids is 2. The van der Waals surface area contributed by atoms with E-state index in [1.807, 2.05) is 54.3 Å². The summed E-state index contributed by atoms with van der Waals surface area (Å²) < 4.78 is 0. The second kappa shape index (κ2) is 8.21. The van der Waals surface area contributed by atoms with E-state index in [4.69, 9.17) is 11.6 Å². The summed E-state index contributed by atoms with van der Waals surface area (Å²) in [5.41, 5.74) is 4.15. The second-order valence-electron chi connectivity index (χ2n) is 7.38. The van der Waals surface area contributed by atoms with Gasteiger partial charge in [0.05, 0.1) is 16.8 Å². The first-order valence-corrected chi connectivity index (χ1v) is 10.1. The largest absolute Gasteiger partial charge is 0.348 e. The van der Waals surface area contributed by atoms with Gasteiger partial charge in [0, 0.05) is 36.5 Å². The van der Waals surface area contributed by atoms with Gasteiger partial charge in [0.15, 0.2) is 0 Å². The monoisotopic (exact) mass is 407 g/mol. The van der Waals surface area contributed by atoms with E-state index in [0.717, 1.165) is 35.0 Å². The topological polar surface area (TPSA) is 62.3 Å². The van der Waals surface area contributed by atoms with Gasteiger partial charge in [-0.1, -0.05) is 35.9 Å². The molecule has 5 nitrogen and oxygen atoms in total. The third-order valence-corrected chi connectivity index (χ3v) is 5.47. The Morgan fingerprint density at radius 2 is 1.90 bits per heavy atom. The van der Waals surface area contributed by atoms with Crippen molar-refractivity contribution >= 4 is 34.3 Å². The van der Waals surface area contributed by atoms with Crippen LogP contribution in [0.2, 0.25) is 5.02 Å². The molecule has 0 saturated carbocycles. The first-order chi connectivity index (χ1) is 14.0. The van der Waals surface area contributed by atoms with Gasteiger partial charge in [-0.3, -0.25) is 14.6 Å². The van der Waals surface area contributed by atoms with Crippen molar-refractivity contribution in [2.75, 3.05) is 6.54 Å². The van der Waals surface area contributed by atoms with Crippen LogP contribution in [0, 0.1) is 6.92 Å². The zero-order valence-electron chi connectivity index (χ0n) is 16.2. The van der Waals surface area contributed by atoms with Crippen LogP contribution in [0.25, 0.3) is 10.9 Å². The van der Waals surface area contributed by atoms with Crippen molar-refractivity contribution < 1.29 is 9.59 Å². The predicted molar refractivity (Wildman–Crippen MR) is 114 cm³/mol. The number of nitrogens with one attached hydrogen (secondary N) is 1. The van der Waals surface area contributed by atoms with Crippen LogP contribution in [-0.2, 0) is 17.9 Å². The minimum absolute atomic E-state index is 0.163. The van der Waals surface area contributed by atoms with Crippen LogP contribution in [0.4, 0.5) is 0 Å². The van der Waals surface area contributed by atoms with E-state index in [0.29, 0.717) is 35.8 Å². The van der Waals surface area contributed by atoms with Gasteiger partial charge in [-0.25, -0.2) is 0 Å². The van der Waals surface area contributed by atoms with Gasteiger partial charge >= 0.3 is 0 Å². The molecule has 2 aromatic carbocycles. The number of aromatic nitrogens is 1. The number of halogens is 1. The molecule has 6 heteroatoms. The molecular formula is C23H22ClN3O2. The van der Waals surface area contributed by atoms with Crippen LogP contribution in [0.5, 0.6) is 0 Å². The lowest BCUT2D eigenvalue weighted by Gasteiger charge is -2.15. The summed E-state index contributed by atoms with van der Waals surface area (Å²) in [6, 6.07) is 15.3. The Labute approximate surface area is 174 Å². The van der Waals surface area contributed by atoms with E-state index >= 15 is 0 Å². The number of likely N-dealkylation sites (tertiary alicyclic amines) is 1. The first kappa shape index (κ1) is 19.4. The Morgan fingerprint density at radius 3 is 2.62 bits per heavy atom. The highest BCUT2D eigenvalue weighted by molar-refractivity contribution is 6.31. The molecule has 1 fully saturated rings. The molecule has 0 unspecified atom stereocenters. The van der Waals surface area contributed by atoms with Crippen molar-refractivity contribution in [3.63, 3.8) is 0 Å². The molecule has 1 N–H and O–H groups in total. The fraction of sp³-hybridized carbons (Fsp3) is 0.261. The van der Waals surface area contributed by atoms with Crippen molar-refractivity contribution in [1.82, 2.24) is 15.2 Å². The van der Waals surface area contributed by atoms with Crippen molar-refractivity contribution in [1.29, 1.82) is 0 Å². The van der Waals surface area contributed by atoms with E-state index in [1.165, 1.54) is 0 Å². The lowest BCUT2D eigenvalue weighted by molar-refractivity contribution is -0.128. The zero-order chi connectivity index (χ0) is 20.4. The third kappa shape index (κ3) is 4.40. The van der Waals surface area contributed by atoms with E-state index in [-0.39, 0.29) is 11.8 Å². The maximum absolute atomic E-state index is 12.7. The predicted octanol–water partition coefficient (Wildman–Crippen LogP) is 4.25. The lowest BCUT2D eigenvalue weighted by atomic mass is 10.1. The number of aryl methyl sites for hydroxylation is 1. The molecule has 29 heavy (non-hydrogen) atoms. The Bertz CT molecular complexity index is 1080. The highest BCUT2D eigenvalue weighted by Crippen LogP contribution is 2.21. The highest BCUT2D eigenvalue weighted by atomic mass is 35.5. The molecular weight excluding hydrogens is 386 g/mol. The number of fused-ring (bicyclic) bond motifs is 1. The number of hydrogen-bond donors (Lipinski definition) is 1. The smallest absolute Gasteiger partial charge is 0.253 e. The third-order valence-electron chi connectivity index (χ3n) is 5.23. The van der Waals surface area contributed by atoms with Crippen molar-refractivity contribution in [3.8, 4) is 0 Å². The Kier molecular flexibility index (Phi) is 5.49. The van der Waals surface area contributed by atoms with E-state index < -0.39 is 0 Å². The number of benzene rings is 2. The molecule has 1 saturated heterocycles. The van der Waals surface area contributed by atoms with E-state index in [9.17, 15) is 9.59 Å². The van der Waals surface area contributed by atoms with Gasteiger partial charge in [-0.2, -0.15) is 0 Å². The van der Waals surface area contributed by atoms with Crippen LogP contribution >= 0.6 is 11.6 Å². The molecule has 1 aliphatic rings. The number of amides is 2. The quantitative estimate of drug-likeness (QED) is 0.687. The molecule has 0 atom stereocenters. The van der Waals surface area contributed by atoms with Crippen LogP contribution in [0.3, 0.4) is 0 Å². The first-order valence-electron chi connectivity index (χ1n) is 9.70. The maximum Gasteiger partial charge on any atom is 0.253 e. The molecule has 0 bridgehead atoms. The number of hydrogen-bond acceptors (Lipinski definition) is 3. The Morgan fingerprint density at radius 1 is 1.14 bits per heavy atom. The number of pyridine rings is 1. The molecule has 2 amide bonds. The molecule has 0 aliphatic carbocycles. The zero-order valence-corrected chi connectivity index (χ0v) is 17.0. The van der Waals surface area contributed by atoms with Crippen molar-refractivity contribution in [2.45, 2.75) is 32.9 Å². The SMILES string of the molecule is Cc1nc2ccc(Cl)cc2cc1C(=O)NCc1ccc(CN2CCCC2=O)cc1. The van der Waals surface area contributed by atoms with Crippen LogP contribution in [0.15, 0.2) is 48.5 Å². The van der Waals surface area contributed by atoms with E-state index in [2.05, 4.69) is 10.3 Å². The minimum atomic E-state index is -0.163. The number of nitrogens with zero attached hydrogens (tertiary/aromatic N) is 2. The van der Waals surface area contributed by atoms with Gasteiger partial charge in [0.1, 0.15) is 0 Å². The van der Waals surface area contributed by atoms with Crippen molar-refractivity contribution in [3.05, 3.63) is 75.9 Å². The molecule has 2 heterocycles. The van der Waals surface area contributed by atoms with Gasteiger partial charge < -0.3 is 10.2 Å². The molecule has 1 aliphatic heterocycles. The lowest BCUT2D eigenvalue weighted by Crippen LogP contribution is -2.24. The Balaban J connectivity index is 1.41. The van der Waals surface area contributed by atoms with Crippen LogP contribution < -0.4 is 5.32 Å². The molecule has 148 valence electrons. The number of carbonyl (C=O) groups is 2. The minimum Gasteiger partial charge on any atom is -0.348 e. The maximum atomic E-state index is 12.7. The van der Waals surface area contributed by atoms with Gasteiger partial charge in [-0.05, 0) is 48.7 Å². The average molecular weight is 408 g/mol. The normalized spacial score (nSPS) is 13.9. The van der Waals surface area contributed by atoms with Gasteiger partial charge in [0.25, 0.3) is 5.91 Å². The molecule has 0 radical (unpaired) electrons. The summed E-state index contributed by atoms with van der Waals surface area (Å²) in [6.07, 6.45) is 1.59. The second-order valence-corrected chi connectivity index (χ2v) is 7.81. The van der Waals surface area contributed by atoms with Crippen LogP contribution in [0.1, 0.15) is 40.0 Å². The molecule has 3 aromatic rings. The molecule has 1 aromatic heterocycles. The summed E-state index contributed by atoms with van der Waals surface area (Å²) in [5.74, 6) is 0.0607. The molecule has 0 spiro atoms. The fourth-order valence-corrected chi connectivity index (χ4v) is 3.79. The average Bonchev–Trinajstić information content (AvgIpc) is 3.11. The number of rotatable bonds is 5. The summed E-state index contributed by atoms with van der Waals surface area (Å²) >= 11 is 6.06.